The van der Waals surface area contributed by atoms with Gasteiger partial charge in [-0.05, 0) is 35.3 Å². The molecule has 0 fully saturated rings. The van der Waals surface area contributed by atoms with E-state index in [0.29, 0.717) is 17.4 Å². The van der Waals surface area contributed by atoms with Gasteiger partial charge in [0, 0.05) is 29.2 Å². The Kier molecular flexibility index (Phi) is 5.24. The van der Waals surface area contributed by atoms with Crippen molar-refractivity contribution in [1.29, 1.82) is 0 Å². The Morgan fingerprint density at radius 3 is 2.83 bits per heavy atom. The Morgan fingerprint density at radius 1 is 1.61 bits per heavy atom. The Balaban J connectivity index is 2.78. The Bertz CT molecular complexity index is 463. The van der Waals surface area contributed by atoms with Gasteiger partial charge >= 0.3 is 0 Å². The molecule has 1 unspecified atom stereocenters. The van der Waals surface area contributed by atoms with Crippen LogP contribution in [0.15, 0.2) is 22.7 Å². The molecule has 0 radical (unpaired) electrons. The van der Waals surface area contributed by atoms with Crippen LogP contribution in [0.3, 0.4) is 0 Å². The van der Waals surface area contributed by atoms with Gasteiger partial charge < -0.3 is 11.1 Å². The number of hydrogen-bond donors (Lipinski definition) is 2. The average Bonchev–Trinajstić information content (AvgIpc) is 2.28. The number of hydrogen-bond acceptors (Lipinski definition) is 4. The minimum absolute atomic E-state index is 0.00106. The summed E-state index contributed by atoms with van der Waals surface area (Å²) >= 11 is 3.19. The molecule has 0 aromatic heterocycles. The zero-order valence-corrected chi connectivity index (χ0v) is 11.4. The van der Waals surface area contributed by atoms with Gasteiger partial charge in [0.1, 0.15) is 0 Å². The van der Waals surface area contributed by atoms with Crippen molar-refractivity contribution in [3.63, 3.8) is 0 Å². The number of nitrogens with two attached hydrogens (primary N) is 1. The van der Waals surface area contributed by atoms with Crippen molar-refractivity contribution in [2.75, 3.05) is 6.54 Å². The van der Waals surface area contributed by atoms with Crippen molar-refractivity contribution < 1.29 is 9.72 Å². The first-order chi connectivity index (χ1) is 8.41. The highest BCUT2D eigenvalue weighted by molar-refractivity contribution is 9.10. The Morgan fingerprint density at radius 2 is 2.28 bits per heavy atom. The van der Waals surface area contributed by atoms with E-state index in [1.165, 1.54) is 18.2 Å². The molecule has 7 heteroatoms. The zero-order valence-electron chi connectivity index (χ0n) is 9.85. The summed E-state index contributed by atoms with van der Waals surface area (Å²) in [6, 6.07) is 4.06. The van der Waals surface area contributed by atoms with Gasteiger partial charge in [-0.3, -0.25) is 14.9 Å². The van der Waals surface area contributed by atoms with E-state index in [1.54, 1.807) is 0 Å². The molecular formula is C11H14BrN3O3. The summed E-state index contributed by atoms with van der Waals surface area (Å²) in [6.45, 7) is 2.28. The van der Waals surface area contributed by atoms with Crippen molar-refractivity contribution in [3.8, 4) is 0 Å². The molecule has 0 saturated heterocycles. The van der Waals surface area contributed by atoms with Crippen LogP contribution in [0.2, 0.25) is 0 Å². The fourth-order valence-corrected chi connectivity index (χ4v) is 1.74. The van der Waals surface area contributed by atoms with Crippen LogP contribution in [-0.2, 0) is 0 Å². The zero-order chi connectivity index (χ0) is 13.7. The third kappa shape index (κ3) is 4.08. The van der Waals surface area contributed by atoms with Crippen LogP contribution >= 0.6 is 15.9 Å². The van der Waals surface area contributed by atoms with E-state index in [4.69, 9.17) is 5.73 Å². The lowest BCUT2D eigenvalue weighted by molar-refractivity contribution is -0.384. The van der Waals surface area contributed by atoms with Crippen LogP contribution in [-0.4, -0.2) is 23.4 Å². The maximum atomic E-state index is 11.8. The molecule has 6 nitrogen and oxygen atoms in total. The molecule has 98 valence electrons. The van der Waals surface area contributed by atoms with E-state index in [0.717, 1.165) is 0 Å². The quantitative estimate of drug-likeness (QED) is 0.639. The van der Waals surface area contributed by atoms with Crippen LogP contribution in [0.5, 0.6) is 0 Å². The Hall–Kier alpha value is -1.47. The summed E-state index contributed by atoms with van der Waals surface area (Å²) in [6.07, 6.45) is 0.651. The molecule has 1 atom stereocenters. The van der Waals surface area contributed by atoms with Crippen LogP contribution in [0.25, 0.3) is 0 Å². The molecule has 1 rings (SSSR count). The summed E-state index contributed by atoms with van der Waals surface area (Å²) < 4.78 is 0.520. The van der Waals surface area contributed by atoms with Crippen molar-refractivity contribution in [2.45, 2.75) is 19.4 Å². The Labute approximate surface area is 113 Å². The first-order valence-electron chi connectivity index (χ1n) is 5.39. The van der Waals surface area contributed by atoms with Gasteiger partial charge in [0.15, 0.2) is 0 Å². The third-order valence-electron chi connectivity index (χ3n) is 2.29. The molecular weight excluding hydrogens is 302 g/mol. The topological polar surface area (TPSA) is 98.3 Å². The highest BCUT2D eigenvalue weighted by Gasteiger charge is 2.15. The second-order valence-corrected chi connectivity index (χ2v) is 4.80. The number of nitro benzene ring substituents is 1. The molecule has 0 spiro atoms. The predicted octanol–water partition coefficient (Wildman–Crippen LogP) is 1.82. The van der Waals surface area contributed by atoms with E-state index >= 15 is 0 Å². The molecule has 3 N–H and O–H groups in total. The van der Waals surface area contributed by atoms with Gasteiger partial charge in [-0.2, -0.15) is 0 Å². The summed E-state index contributed by atoms with van der Waals surface area (Å²) in [5.41, 5.74) is 5.69. The van der Waals surface area contributed by atoms with E-state index in [9.17, 15) is 14.9 Å². The number of carbonyl (C=O) groups is 1. The normalized spacial score (nSPS) is 11.9. The smallest absolute Gasteiger partial charge is 0.270 e. The number of nitrogens with one attached hydrogen (secondary N) is 1. The number of nitrogens with zero attached hydrogens (tertiary/aromatic N) is 1. The summed E-state index contributed by atoms with van der Waals surface area (Å²) in [5.74, 6) is -0.355. The minimum atomic E-state index is -0.537. The fourth-order valence-electron chi connectivity index (χ4n) is 1.31. The maximum Gasteiger partial charge on any atom is 0.270 e. The lowest BCUT2D eigenvalue weighted by Gasteiger charge is -2.08. The van der Waals surface area contributed by atoms with Crippen LogP contribution in [0, 0.1) is 10.1 Å². The molecule has 18 heavy (non-hydrogen) atoms. The first-order valence-corrected chi connectivity index (χ1v) is 6.19. The number of amides is 1. The summed E-state index contributed by atoms with van der Waals surface area (Å²) in [7, 11) is 0. The van der Waals surface area contributed by atoms with Gasteiger partial charge in [-0.1, -0.05) is 0 Å². The summed E-state index contributed by atoms with van der Waals surface area (Å²) in [4.78, 5) is 21.9. The minimum Gasteiger partial charge on any atom is -0.352 e. The fraction of sp³-hybridized carbons (Fsp3) is 0.364. The molecule has 0 aliphatic rings. The number of halogens is 1. The lowest BCUT2D eigenvalue weighted by Crippen LogP contribution is -2.29. The monoisotopic (exact) mass is 315 g/mol. The molecule has 0 saturated carbocycles. The van der Waals surface area contributed by atoms with Gasteiger partial charge in [0.2, 0.25) is 0 Å². The molecule has 0 bridgehead atoms. The standard InChI is InChI=1S/C11H14BrN3O3/c1-7(13)4-5-14-11(16)9-6-8(15(17)18)2-3-10(9)12/h2-3,6-7H,4-5,13H2,1H3,(H,14,16). The first kappa shape index (κ1) is 14.6. The lowest BCUT2D eigenvalue weighted by atomic mass is 10.2. The van der Waals surface area contributed by atoms with Crippen LogP contribution in [0.1, 0.15) is 23.7 Å². The van der Waals surface area contributed by atoms with Crippen molar-refractivity contribution in [2.24, 2.45) is 5.73 Å². The van der Waals surface area contributed by atoms with Gasteiger partial charge in [-0.25, -0.2) is 0 Å². The number of benzene rings is 1. The molecule has 1 aromatic carbocycles. The van der Waals surface area contributed by atoms with Gasteiger partial charge in [0.25, 0.3) is 11.6 Å². The number of non-ortho nitro benzene ring substituents is 1. The van der Waals surface area contributed by atoms with Crippen LogP contribution in [0.4, 0.5) is 5.69 Å². The molecule has 0 aliphatic carbocycles. The second-order valence-electron chi connectivity index (χ2n) is 3.94. The van der Waals surface area contributed by atoms with Gasteiger partial charge in [0.05, 0.1) is 10.5 Å². The van der Waals surface area contributed by atoms with Crippen molar-refractivity contribution >= 4 is 27.5 Å². The third-order valence-corrected chi connectivity index (χ3v) is 2.98. The SMILES string of the molecule is CC(N)CCNC(=O)c1cc([N+](=O)[O-])ccc1Br. The number of carbonyl (C=O) groups excluding carboxylic acids is 1. The van der Waals surface area contributed by atoms with E-state index < -0.39 is 4.92 Å². The molecule has 1 amide bonds. The van der Waals surface area contributed by atoms with Crippen LogP contribution < -0.4 is 11.1 Å². The highest BCUT2D eigenvalue weighted by atomic mass is 79.9. The summed E-state index contributed by atoms with van der Waals surface area (Å²) in [5, 5.41) is 13.3. The van der Waals surface area contributed by atoms with Gasteiger partial charge in [-0.15, -0.1) is 0 Å². The predicted molar refractivity (Wildman–Crippen MR) is 71.4 cm³/mol. The van der Waals surface area contributed by atoms with E-state index in [-0.39, 0.29) is 23.2 Å². The number of rotatable bonds is 5. The maximum absolute atomic E-state index is 11.8. The van der Waals surface area contributed by atoms with Crippen molar-refractivity contribution in [3.05, 3.63) is 38.3 Å². The highest BCUT2D eigenvalue weighted by Crippen LogP contribution is 2.22. The molecule has 0 heterocycles. The molecule has 1 aromatic rings. The average molecular weight is 316 g/mol. The molecule has 0 aliphatic heterocycles. The number of nitro groups is 1. The van der Waals surface area contributed by atoms with E-state index in [2.05, 4.69) is 21.2 Å². The largest absolute Gasteiger partial charge is 0.352 e. The second kappa shape index (κ2) is 6.46. The van der Waals surface area contributed by atoms with E-state index in [1.807, 2.05) is 6.92 Å². The van der Waals surface area contributed by atoms with Crippen molar-refractivity contribution in [1.82, 2.24) is 5.32 Å².